The van der Waals surface area contributed by atoms with Crippen molar-refractivity contribution in [1.82, 2.24) is 5.32 Å². The molecule has 26 heavy (non-hydrogen) atoms. The van der Waals surface area contributed by atoms with Gasteiger partial charge in [-0.3, -0.25) is 14.9 Å². The molecule has 2 unspecified atom stereocenters. The van der Waals surface area contributed by atoms with Gasteiger partial charge in [0.2, 0.25) is 5.84 Å². The second kappa shape index (κ2) is 8.97. The highest BCUT2D eigenvalue weighted by Crippen LogP contribution is 2.10. The number of benzene rings is 1. The van der Waals surface area contributed by atoms with Gasteiger partial charge >= 0.3 is 11.8 Å². The molecule has 0 bridgehead atoms. The monoisotopic (exact) mass is 361 g/mol. The summed E-state index contributed by atoms with van der Waals surface area (Å²) in [5, 5.41) is 24.3. The molecule has 9 heteroatoms. The highest BCUT2D eigenvalue weighted by Gasteiger charge is 2.24. The fraction of sp³-hybridized carbons (Fsp3) is 0.353. The predicted octanol–water partition coefficient (Wildman–Crippen LogP) is -0.218. The molecule has 0 spiro atoms. The zero-order chi connectivity index (χ0) is 19.1. The number of aliphatic imine (C=N–C) groups is 1. The van der Waals surface area contributed by atoms with Gasteiger partial charge in [-0.1, -0.05) is 18.2 Å². The Morgan fingerprint density at radius 1 is 1.50 bits per heavy atom. The molecule has 1 heterocycles. The Labute approximate surface area is 151 Å². The number of hydrogen-bond acceptors (Lipinski definition) is 7. The van der Waals surface area contributed by atoms with Gasteiger partial charge < -0.3 is 26.5 Å². The molecule has 140 valence electrons. The van der Waals surface area contributed by atoms with Crippen molar-refractivity contribution in [3.63, 3.8) is 0 Å². The lowest BCUT2D eigenvalue weighted by atomic mass is 10.1. The molecule has 0 aromatic heterocycles. The lowest BCUT2D eigenvalue weighted by molar-refractivity contribution is -0.463. The first-order chi connectivity index (χ1) is 12.4. The van der Waals surface area contributed by atoms with Gasteiger partial charge in [-0.25, -0.2) is 0 Å². The number of carbonyl (C=O) groups excluding carboxylic acids is 1. The SMILES string of the molecule is COC(=O)C1C=CC(N=C(N)CC(N)NCc2ccc(O)cc2)=[N+]([O-])C1. The number of esters is 1. The van der Waals surface area contributed by atoms with E-state index >= 15 is 0 Å². The van der Waals surface area contributed by atoms with Crippen molar-refractivity contribution < 1.29 is 19.4 Å². The molecule has 6 N–H and O–H groups in total. The summed E-state index contributed by atoms with van der Waals surface area (Å²) in [5.41, 5.74) is 12.8. The Kier molecular flexibility index (Phi) is 6.70. The van der Waals surface area contributed by atoms with E-state index in [0.29, 0.717) is 11.3 Å². The highest BCUT2D eigenvalue weighted by molar-refractivity contribution is 6.00. The second-order valence-corrected chi connectivity index (χ2v) is 5.87. The summed E-state index contributed by atoms with van der Waals surface area (Å²) in [6.07, 6.45) is 2.79. The lowest BCUT2D eigenvalue weighted by Crippen LogP contribution is -2.40. The Balaban J connectivity index is 1.88. The van der Waals surface area contributed by atoms with Crippen LogP contribution >= 0.6 is 0 Å². The molecular weight excluding hydrogens is 338 g/mol. The van der Waals surface area contributed by atoms with E-state index in [2.05, 4.69) is 15.0 Å². The number of amidine groups is 2. The van der Waals surface area contributed by atoms with Crippen molar-refractivity contribution in [3.05, 3.63) is 47.2 Å². The van der Waals surface area contributed by atoms with Crippen LogP contribution in [-0.2, 0) is 16.1 Å². The maximum atomic E-state index is 12.0. The van der Waals surface area contributed by atoms with Gasteiger partial charge in [0.15, 0.2) is 0 Å². The molecule has 0 fully saturated rings. The summed E-state index contributed by atoms with van der Waals surface area (Å²) in [6.45, 7) is 0.431. The second-order valence-electron chi connectivity index (χ2n) is 5.87. The Bertz CT molecular complexity index is 727. The van der Waals surface area contributed by atoms with Crippen LogP contribution in [0.2, 0.25) is 0 Å². The van der Waals surface area contributed by atoms with E-state index in [1.54, 1.807) is 30.3 Å². The Hall–Kier alpha value is -2.91. The molecule has 1 aromatic carbocycles. The van der Waals surface area contributed by atoms with Gasteiger partial charge in [0.1, 0.15) is 18.2 Å². The highest BCUT2D eigenvalue weighted by atomic mass is 16.5. The minimum Gasteiger partial charge on any atom is -0.715 e. The molecule has 0 radical (unpaired) electrons. The molecule has 0 amide bonds. The van der Waals surface area contributed by atoms with Crippen LogP contribution in [0.25, 0.3) is 0 Å². The van der Waals surface area contributed by atoms with E-state index in [9.17, 15) is 15.1 Å². The molecule has 9 nitrogen and oxygen atoms in total. The van der Waals surface area contributed by atoms with Crippen molar-refractivity contribution in [1.29, 1.82) is 0 Å². The number of hydrogen-bond donors (Lipinski definition) is 4. The molecule has 2 rings (SSSR count). The van der Waals surface area contributed by atoms with E-state index < -0.39 is 18.1 Å². The maximum absolute atomic E-state index is 12.0. The van der Waals surface area contributed by atoms with E-state index in [4.69, 9.17) is 11.5 Å². The van der Waals surface area contributed by atoms with Gasteiger partial charge in [-0.2, -0.15) is 0 Å². The first-order valence-electron chi connectivity index (χ1n) is 8.06. The summed E-state index contributed by atoms with van der Waals surface area (Å²) in [6, 6.07) is 6.74. The van der Waals surface area contributed by atoms with E-state index in [-0.39, 0.29) is 30.4 Å². The molecule has 2 atom stereocenters. The number of aromatic hydroxyl groups is 1. The van der Waals surface area contributed by atoms with Crippen LogP contribution in [0.5, 0.6) is 5.75 Å². The fourth-order valence-electron chi connectivity index (χ4n) is 2.37. The van der Waals surface area contributed by atoms with Crippen LogP contribution in [0.1, 0.15) is 12.0 Å². The van der Waals surface area contributed by atoms with Crippen LogP contribution in [0, 0.1) is 11.1 Å². The quantitative estimate of drug-likeness (QED) is 0.137. The summed E-state index contributed by atoms with van der Waals surface area (Å²) >= 11 is 0. The molecule has 1 aliphatic rings. The van der Waals surface area contributed by atoms with Crippen LogP contribution in [-0.4, -0.2) is 47.3 Å². The number of hydroxylamine groups is 1. The topological polar surface area (TPSA) is 149 Å². The summed E-state index contributed by atoms with van der Waals surface area (Å²) < 4.78 is 5.21. The van der Waals surface area contributed by atoms with Gasteiger partial charge in [0, 0.05) is 12.6 Å². The number of phenols is 1. The van der Waals surface area contributed by atoms with Crippen molar-refractivity contribution in [3.8, 4) is 5.75 Å². The van der Waals surface area contributed by atoms with Crippen LogP contribution < -0.4 is 16.8 Å². The minimum atomic E-state index is -0.619. The first kappa shape index (κ1) is 19.4. The summed E-state index contributed by atoms with van der Waals surface area (Å²) in [4.78, 5) is 15.5. The van der Waals surface area contributed by atoms with Crippen LogP contribution in [0.15, 0.2) is 41.4 Å². The minimum absolute atomic E-state index is 0.0690. The third-order valence-corrected chi connectivity index (χ3v) is 3.79. The zero-order valence-electron chi connectivity index (χ0n) is 14.5. The van der Waals surface area contributed by atoms with Crippen molar-refractivity contribution >= 4 is 17.6 Å². The first-order valence-corrected chi connectivity index (χ1v) is 8.06. The van der Waals surface area contributed by atoms with E-state index in [0.717, 1.165) is 5.56 Å². The molecule has 0 aliphatic carbocycles. The van der Waals surface area contributed by atoms with Gasteiger partial charge in [0.25, 0.3) is 0 Å². The van der Waals surface area contributed by atoms with Gasteiger partial charge in [-0.05, 0) is 22.7 Å². The summed E-state index contributed by atoms with van der Waals surface area (Å²) in [7, 11) is 1.27. The third-order valence-electron chi connectivity index (χ3n) is 3.79. The van der Waals surface area contributed by atoms with Crippen molar-refractivity contribution in [2.24, 2.45) is 22.4 Å². The number of nitrogens with two attached hydrogens (primary N) is 2. The Morgan fingerprint density at radius 3 is 2.81 bits per heavy atom. The van der Waals surface area contributed by atoms with E-state index in [1.165, 1.54) is 13.2 Å². The standard InChI is InChI=1S/C17H23N5O4/c1-26-17(24)12-4-7-16(22(25)10-12)21-15(19)8-14(18)20-9-11-2-5-13(23)6-3-11/h2-7,12,14,20,23H,8-10,18H2,1H3,(H2,19,21). The normalized spacial score (nSPS) is 18.7. The fourth-order valence-corrected chi connectivity index (χ4v) is 2.37. The van der Waals surface area contributed by atoms with Crippen molar-refractivity contribution in [2.45, 2.75) is 19.1 Å². The third kappa shape index (κ3) is 5.57. The number of carbonyl (C=O) groups is 1. The number of ether oxygens (including phenoxy) is 1. The number of nitrogens with one attached hydrogen (secondary N) is 1. The smallest absolute Gasteiger partial charge is 0.323 e. The van der Waals surface area contributed by atoms with E-state index in [1.807, 2.05) is 0 Å². The number of phenolic OH excluding ortho intramolecular Hbond substituents is 1. The molecule has 0 saturated heterocycles. The zero-order valence-corrected chi connectivity index (χ0v) is 14.5. The summed E-state index contributed by atoms with van der Waals surface area (Å²) in [5.74, 6) is -0.574. The average molecular weight is 361 g/mol. The van der Waals surface area contributed by atoms with Crippen LogP contribution in [0.4, 0.5) is 0 Å². The largest absolute Gasteiger partial charge is 0.715 e. The van der Waals surface area contributed by atoms with Gasteiger partial charge in [0.05, 0.1) is 19.7 Å². The molecular formula is C17H23N5O4. The predicted molar refractivity (Wildman–Crippen MR) is 97.3 cm³/mol. The average Bonchev–Trinajstić information content (AvgIpc) is 2.62. The van der Waals surface area contributed by atoms with Crippen LogP contribution in [0.3, 0.4) is 0 Å². The molecule has 1 aromatic rings. The van der Waals surface area contributed by atoms with Crippen molar-refractivity contribution in [2.75, 3.05) is 13.7 Å². The number of methoxy groups -OCH3 is 1. The molecule has 1 aliphatic heterocycles. The molecule has 0 saturated carbocycles. The Morgan fingerprint density at radius 2 is 2.19 bits per heavy atom. The number of nitrogens with zero attached hydrogens (tertiary/aromatic N) is 2. The lowest BCUT2D eigenvalue weighted by Gasteiger charge is -2.18. The van der Waals surface area contributed by atoms with Gasteiger partial charge in [-0.15, -0.1) is 0 Å². The number of rotatable bonds is 6. The maximum Gasteiger partial charge on any atom is 0.323 e.